The van der Waals surface area contributed by atoms with Crippen molar-refractivity contribution in [2.45, 2.75) is 25.3 Å². The highest BCUT2D eigenvalue weighted by Gasteiger charge is 2.28. The summed E-state index contributed by atoms with van der Waals surface area (Å²) in [7, 11) is 0. The molecule has 0 aliphatic rings. The molecule has 0 bridgehead atoms. The minimum absolute atomic E-state index is 0.214. The van der Waals surface area contributed by atoms with Gasteiger partial charge in [-0.1, -0.05) is 31.2 Å². The maximum Gasteiger partial charge on any atom is 0.128 e. The van der Waals surface area contributed by atoms with Crippen LogP contribution in [0.15, 0.2) is 41.8 Å². The van der Waals surface area contributed by atoms with E-state index in [1.54, 1.807) is 23.5 Å². The van der Waals surface area contributed by atoms with Crippen LogP contribution in [0.25, 0.3) is 0 Å². The van der Waals surface area contributed by atoms with Crippen LogP contribution in [0.4, 0.5) is 4.39 Å². The monoisotopic (exact) mass is 249 g/mol. The Bertz CT molecular complexity index is 481. The first-order chi connectivity index (χ1) is 8.15. The molecular formula is C14H16FNS. The van der Waals surface area contributed by atoms with Crippen LogP contribution in [-0.2, 0) is 12.0 Å². The number of nitrogens with two attached hydrogens (primary N) is 1. The fourth-order valence-electron chi connectivity index (χ4n) is 2.00. The third-order valence-corrected chi connectivity index (χ3v) is 3.99. The van der Waals surface area contributed by atoms with Crippen molar-refractivity contribution in [1.29, 1.82) is 0 Å². The van der Waals surface area contributed by atoms with Gasteiger partial charge in [0.15, 0.2) is 0 Å². The van der Waals surface area contributed by atoms with Crippen LogP contribution in [0.1, 0.15) is 23.8 Å². The Hall–Kier alpha value is -1.19. The Morgan fingerprint density at radius 1 is 1.24 bits per heavy atom. The van der Waals surface area contributed by atoms with Gasteiger partial charge in [0.2, 0.25) is 0 Å². The molecule has 2 rings (SSSR count). The molecule has 0 radical (unpaired) electrons. The van der Waals surface area contributed by atoms with E-state index in [9.17, 15) is 4.39 Å². The minimum atomic E-state index is -0.615. The quantitative estimate of drug-likeness (QED) is 0.878. The number of halogens is 1. The molecule has 0 saturated heterocycles. The normalized spacial score (nSPS) is 14.5. The summed E-state index contributed by atoms with van der Waals surface area (Å²) in [5.41, 5.74) is 6.37. The third-order valence-electron chi connectivity index (χ3n) is 3.11. The average Bonchev–Trinajstić information content (AvgIpc) is 2.82. The summed E-state index contributed by atoms with van der Waals surface area (Å²) in [4.78, 5) is 1.19. The summed E-state index contributed by atoms with van der Waals surface area (Å²) in [5.74, 6) is -0.214. The summed E-state index contributed by atoms with van der Waals surface area (Å²) >= 11 is 1.66. The van der Waals surface area contributed by atoms with Crippen molar-refractivity contribution in [3.8, 4) is 0 Å². The van der Waals surface area contributed by atoms with E-state index < -0.39 is 5.54 Å². The Kier molecular flexibility index (Phi) is 3.60. The van der Waals surface area contributed by atoms with E-state index in [2.05, 4.69) is 0 Å². The van der Waals surface area contributed by atoms with E-state index in [1.807, 2.05) is 30.5 Å². The van der Waals surface area contributed by atoms with Crippen molar-refractivity contribution < 1.29 is 4.39 Å². The number of hydrogen-bond acceptors (Lipinski definition) is 2. The van der Waals surface area contributed by atoms with Crippen LogP contribution >= 0.6 is 11.3 Å². The molecule has 2 aromatic rings. The molecule has 90 valence electrons. The highest BCUT2D eigenvalue weighted by molar-refractivity contribution is 7.09. The van der Waals surface area contributed by atoms with Gasteiger partial charge in [-0.05, 0) is 23.9 Å². The van der Waals surface area contributed by atoms with Gasteiger partial charge >= 0.3 is 0 Å². The van der Waals surface area contributed by atoms with Crippen molar-refractivity contribution in [2.24, 2.45) is 5.73 Å². The van der Waals surface area contributed by atoms with Crippen molar-refractivity contribution in [2.75, 3.05) is 0 Å². The van der Waals surface area contributed by atoms with E-state index in [1.165, 1.54) is 10.9 Å². The highest BCUT2D eigenvalue weighted by atomic mass is 32.1. The summed E-state index contributed by atoms with van der Waals surface area (Å²) < 4.78 is 13.8. The van der Waals surface area contributed by atoms with Gasteiger partial charge in [-0.15, -0.1) is 11.3 Å². The topological polar surface area (TPSA) is 26.0 Å². The molecule has 2 N–H and O–H groups in total. The smallest absolute Gasteiger partial charge is 0.128 e. The Morgan fingerprint density at radius 2 is 2.00 bits per heavy atom. The van der Waals surface area contributed by atoms with Crippen molar-refractivity contribution in [1.82, 2.24) is 0 Å². The van der Waals surface area contributed by atoms with Gasteiger partial charge < -0.3 is 5.73 Å². The molecule has 0 fully saturated rings. The fraction of sp³-hybridized carbons (Fsp3) is 0.286. The second-order valence-corrected chi connectivity index (χ2v) is 5.28. The minimum Gasteiger partial charge on any atom is -0.321 e. The Balaban J connectivity index is 2.34. The zero-order valence-corrected chi connectivity index (χ0v) is 10.6. The van der Waals surface area contributed by atoms with E-state index in [0.717, 1.165) is 0 Å². The van der Waals surface area contributed by atoms with Crippen molar-refractivity contribution in [3.05, 3.63) is 58.0 Å². The summed E-state index contributed by atoms with van der Waals surface area (Å²) in [5, 5.41) is 2.02. The first-order valence-corrected chi connectivity index (χ1v) is 6.60. The lowest BCUT2D eigenvalue weighted by Crippen LogP contribution is -2.39. The van der Waals surface area contributed by atoms with Crippen LogP contribution in [-0.4, -0.2) is 0 Å². The zero-order valence-electron chi connectivity index (χ0n) is 9.82. The summed E-state index contributed by atoms with van der Waals surface area (Å²) in [6.45, 7) is 2.00. The molecule has 0 amide bonds. The maximum atomic E-state index is 13.8. The SMILES string of the molecule is CCC(N)(Cc1cccs1)c1ccccc1F. The van der Waals surface area contributed by atoms with Gasteiger partial charge in [0.1, 0.15) is 5.82 Å². The van der Waals surface area contributed by atoms with Crippen LogP contribution in [0.2, 0.25) is 0 Å². The van der Waals surface area contributed by atoms with Crippen LogP contribution in [0, 0.1) is 5.82 Å². The van der Waals surface area contributed by atoms with Gasteiger partial charge in [-0.3, -0.25) is 0 Å². The van der Waals surface area contributed by atoms with Gasteiger partial charge in [-0.25, -0.2) is 4.39 Å². The molecular weight excluding hydrogens is 233 g/mol. The van der Waals surface area contributed by atoms with Crippen LogP contribution < -0.4 is 5.73 Å². The number of thiophene rings is 1. The maximum absolute atomic E-state index is 13.8. The zero-order chi connectivity index (χ0) is 12.3. The molecule has 1 atom stereocenters. The second-order valence-electron chi connectivity index (χ2n) is 4.25. The van der Waals surface area contributed by atoms with Crippen molar-refractivity contribution in [3.63, 3.8) is 0 Å². The lowest BCUT2D eigenvalue weighted by molar-refractivity contribution is 0.405. The number of benzene rings is 1. The summed E-state index contributed by atoms with van der Waals surface area (Å²) in [6.07, 6.45) is 1.40. The Labute approximate surface area is 105 Å². The molecule has 1 unspecified atom stereocenters. The second kappa shape index (κ2) is 4.98. The lowest BCUT2D eigenvalue weighted by atomic mass is 9.84. The fourth-order valence-corrected chi connectivity index (χ4v) is 2.83. The van der Waals surface area contributed by atoms with Gasteiger partial charge in [0, 0.05) is 22.4 Å². The standard InChI is InChI=1S/C14H16FNS/c1-2-14(16,10-11-6-5-9-17-11)12-7-3-4-8-13(12)15/h3-9H,2,10,16H2,1H3. The summed E-state index contributed by atoms with van der Waals surface area (Å²) in [6, 6.07) is 10.8. The third kappa shape index (κ3) is 2.56. The van der Waals surface area contributed by atoms with E-state index in [4.69, 9.17) is 5.73 Å². The Morgan fingerprint density at radius 3 is 2.59 bits per heavy atom. The van der Waals surface area contributed by atoms with Crippen LogP contribution in [0.3, 0.4) is 0 Å². The van der Waals surface area contributed by atoms with Gasteiger partial charge in [0.25, 0.3) is 0 Å². The molecule has 0 saturated carbocycles. The molecule has 17 heavy (non-hydrogen) atoms. The molecule has 1 heterocycles. The molecule has 1 nitrogen and oxygen atoms in total. The molecule has 3 heteroatoms. The molecule has 0 aliphatic heterocycles. The van der Waals surface area contributed by atoms with E-state index in [-0.39, 0.29) is 5.82 Å². The average molecular weight is 249 g/mol. The predicted molar refractivity (Wildman–Crippen MR) is 70.6 cm³/mol. The lowest BCUT2D eigenvalue weighted by Gasteiger charge is -2.28. The van der Waals surface area contributed by atoms with Gasteiger partial charge in [-0.2, -0.15) is 0 Å². The molecule has 0 spiro atoms. The number of rotatable bonds is 4. The van der Waals surface area contributed by atoms with Crippen LogP contribution in [0.5, 0.6) is 0 Å². The highest BCUT2D eigenvalue weighted by Crippen LogP contribution is 2.29. The predicted octanol–water partition coefficient (Wildman–Crippen LogP) is 3.69. The van der Waals surface area contributed by atoms with Gasteiger partial charge in [0.05, 0.1) is 0 Å². The first-order valence-electron chi connectivity index (χ1n) is 5.72. The van der Waals surface area contributed by atoms with Crippen molar-refractivity contribution >= 4 is 11.3 Å². The molecule has 1 aromatic heterocycles. The molecule has 0 aliphatic carbocycles. The van der Waals surface area contributed by atoms with E-state index >= 15 is 0 Å². The number of hydrogen-bond donors (Lipinski definition) is 1. The first kappa shape index (κ1) is 12.3. The largest absolute Gasteiger partial charge is 0.321 e. The van der Waals surface area contributed by atoms with E-state index in [0.29, 0.717) is 18.4 Å². The molecule has 1 aromatic carbocycles.